The summed E-state index contributed by atoms with van der Waals surface area (Å²) in [6.45, 7) is 5.39. The molecule has 0 aliphatic carbocycles. The Kier molecular flexibility index (Phi) is 7.82. The predicted octanol–water partition coefficient (Wildman–Crippen LogP) is 3.65. The average Bonchev–Trinajstić information content (AvgIpc) is 2.70. The number of allylic oxidation sites excluding steroid dienone is 1. The number of non-ortho nitro benzene ring substituents is 1. The fraction of sp³-hybridized carbons (Fsp3) is 0.263. The van der Waals surface area contributed by atoms with Crippen molar-refractivity contribution in [2.24, 2.45) is 0 Å². The molecule has 2 rings (SSSR count). The summed E-state index contributed by atoms with van der Waals surface area (Å²) < 4.78 is 27.5. The number of nitrogens with one attached hydrogen (secondary N) is 1. The molecule has 9 nitrogen and oxygen atoms in total. The summed E-state index contributed by atoms with van der Waals surface area (Å²) in [5, 5.41) is 13.5. The van der Waals surface area contributed by atoms with E-state index in [1.807, 2.05) is 0 Å². The minimum Gasteiger partial charge on any atom is -0.309 e. The number of aryl methyl sites for hydroxylation is 1. The zero-order chi connectivity index (χ0) is 22.5. The number of carbonyl (C=O) groups excluding carboxylic acids is 1. The lowest BCUT2D eigenvalue weighted by Crippen LogP contribution is -2.45. The Morgan fingerprint density at radius 2 is 1.97 bits per heavy atom. The van der Waals surface area contributed by atoms with Crippen LogP contribution < -0.4 is 5.32 Å². The van der Waals surface area contributed by atoms with Gasteiger partial charge in [0.05, 0.1) is 9.82 Å². The number of anilines is 1. The van der Waals surface area contributed by atoms with Gasteiger partial charge in [0.25, 0.3) is 5.69 Å². The molecule has 30 heavy (non-hydrogen) atoms. The van der Waals surface area contributed by atoms with Crippen molar-refractivity contribution in [2.75, 3.05) is 12.4 Å². The van der Waals surface area contributed by atoms with E-state index in [1.54, 1.807) is 25.1 Å². The lowest BCUT2D eigenvalue weighted by atomic mass is 10.1. The highest BCUT2D eigenvalue weighted by Crippen LogP contribution is 2.23. The van der Waals surface area contributed by atoms with E-state index >= 15 is 0 Å². The fourth-order valence-electron chi connectivity index (χ4n) is 2.66. The van der Waals surface area contributed by atoms with Gasteiger partial charge in [-0.1, -0.05) is 12.1 Å². The van der Waals surface area contributed by atoms with Gasteiger partial charge in [-0.3, -0.25) is 14.9 Å². The van der Waals surface area contributed by atoms with Gasteiger partial charge in [0.1, 0.15) is 16.5 Å². The zero-order valence-electron chi connectivity index (χ0n) is 16.4. The van der Waals surface area contributed by atoms with Crippen molar-refractivity contribution in [1.29, 1.82) is 0 Å². The van der Waals surface area contributed by atoms with Crippen LogP contribution in [-0.4, -0.2) is 41.6 Å². The summed E-state index contributed by atoms with van der Waals surface area (Å²) in [6.07, 6.45) is 2.20. The molecule has 1 aromatic carbocycles. The minimum atomic E-state index is -4.08. The summed E-state index contributed by atoms with van der Waals surface area (Å²) in [5.41, 5.74) is 0.489. The lowest BCUT2D eigenvalue weighted by molar-refractivity contribution is -0.384. The molecular weight excluding hydrogens is 476 g/mol. The van der Waals surface area contributed by atoms with Crippen molar-refractivity contribution in [3.8, 4) is 0 Å². The molecule has 160 valence electrons. The normalized spacial score (nSPS) is 12.4. The Morgan fingerprint density at radius 3 is 2.53 bits per heavy atom. The molecule has 2 aromatic rings. The molecule has 1 aromatic heterocycles. The third kappa shape index (κ3) is 5.49. The van der Waals surface area contributed by atoms with Crippen LogP contribution >= 0.6 is 15.9 Å². The van der Waals surface area contributed by atoms with Gasteiger partial charge in [-0.25, -0.2) is 13.4 Å². The molecule has 0 radical (unpaired) electrons. The molecule has 0 aliphatic rings. The highest BCUT2D eigenvalue weighted by atomic mass is 79.9. The van der Waals surface area contributed by atoms with Crippen LogP contribution in [0.2, 0.25) is 0 Å². The van der Waals surface area contributed by atoms with Crippen LogP contribution in [-0.2, 0) is 14.8 Å². The maximum Gasteiger partial charge on any atom is 0.269 e. The number of nitro benzene ring substituents is 1. The number of pyridine rings is 1. The molecule has 1 heterocycles. The molecule has 0 saturated heterocycles. The van der Waals surface area contributed by atoms with Gasteiger partial charge < -0.3 is 5.32 Å². The molecule has 1 atom stereocenters. The number of nitrogens with zero attached hydrogens (tertiary/aromatic N) is 3. The average molecular weight is 497 g/mol. The molecule has 0 aliphatic heterocycles. The third-order valence-electron chi connectivity index (χ3n) is 4.41. The second-order valence-electron chi connectivity index (χ2n) is 6.44. The highest BCUT2D eigenvalue weighted by molar-refractivity contribution is 9.10. The number of sulfonamides is 1. The number of hydrogen-bond acceptors (Lipinski definition) is 6. The largest absolute Gasteiger partial charge is 0.309 e. The minimum absolute atomic E-state index is 0.149. The summed E-state index contributed by atoms with van der Waals surface area (Å²) in [7, 11) is -2.78. The van der Waals surface area contributed by atoms with Crippen LogP contribution in [0.1, 0.15) is 18.4 Å². The number of carbonyl (C=O) groups is 1. The van der Waals surface area contributed by atoms with Gasteiger partial charge in [0.15, 0.2) is 0 Å². The molecule has 0 fully saturated rings. The van der Waals surface area contributed by atoms with Crippen LogP contribution in [0.4, 0.5) is 11.5 Å². The molecule has 1 amide bonds. The van der Waals surface area contributed by atoms with Crippen molar-refractivity contribution in [2.45, 2.75) is 30.7 Å². The van der Waals surface area contributed by atoms with Crippen LogP contribution in [0.15, 0.2) is 58.6 Å². The molecule has 0 bridgehead atoms. The molecule has 0 saturated carbocycles. The molecule has 0 spiro atoms. The van der Waals surface area contributed by atoms with E-state index in [9.17, 15) is 23.3 Å². The van der Waals surface area contributed by atoms with Crippen LogP contribution in [0, 0.1) is 17.0 Å². The summed E-state index contributed by atoms with van der Waals surface area (Å²) in [6, 6.07) is 6.96. The topological polar surface area (TPSA) is 123 Å². The first kappa shape index (κ1) is 23.6. The van der Waals surface area contributed by atoms with Crippen molar-refractivity contribution in [3.63, 3.8) is 0 Å². The zero-order valence-corrected chi connectivity index (χ0v) is 18.8. The Labute approximate surface area is 183 Å². The molecule has 1 N–H and O–H groups in total. The van der Waals surface area contributed by atoms with E-state index in [4.69, 9.17) is 0 Å². The monoisotopic (exact) mass is 496 g/mol. The molecular formula is C19H21BrN4O5S. The van der Waals surface area contributed by atoms with Gasteiger partial charge in [-0.2, -0.15) is 4.31 Å². The van der Waals surface area contributed by atoms with Gasteiger partial charge in [-0.15, -0.1) is 6.58 Å². The van der Waals surface area contributed by atoms with Crippen LogP contribution in [0.25, 0.3) is 0 Å². The number of benzene rings is 1. The van der Waals surface area contributed by atoms with Crippen molar-refractivity contribution in [3.05, 3.63) is 69.3 Å². The number of halogens is 1. The number of aromatic nitrogens is 1. The first-order chi connectivity index (χ1) is 14.1. The summed E-state index contributed by atoms with van der Waals surface area (Å²) in [5.74, 6) is -0.224. The molecule has 0 unspecified atom stereocenters. The third-order valence-corrected chi connectivity index (χ3v) is 6.74. The Balaban J connectivity index is 2.34. The highest BCUT2D eigenvalue weighted by Gasteiger charge is 2.33. The number of amides is 1. The van der Waals surface area contributed by atoms with Crippen LogP contribution in [0.5, 0.6) is 0 Å². The molecule has 11 heteroatoms. The van der Waals surface area contributed by atoms with E-state index < -0.39 is 26.9 Å². The predicted molar refractivity (Wildman–Crippen MR) is 117 cm³/mol. The van der Waals surface area contributed by atoms with E-state index in [2.05, 4.69) is 32.8 Å². The Bertz CT molecular complexity index is 1060. The number of nitro groups is 1. The van der Waals surface area contributed by atoms with Gasteiger partial charge in [0.2, 0.25) is 15.9 Å². The second kappa shape index (κ2) is 9.92. The van der Waals surface area contributed by atoms with Crippen molar-refractivity contribution < 1.29 is 18.1 Å². The smallest absolute Gasteiger partial charge is 0.269 e. The standard InChI is InChI=1S/C19H21BrN4O5S/c1-4-5-6-16(19(25)22-18-13(2)7-12-17(20)21-18)23(3)30(28,29)15-10-8-14(9-11-15)24(26)27/h4,7-12,16H,1,5-6H2,2-3H3,(H,21,22,25)/t16-/m0/s1. The van der Waals surface area contributed by atoms with Gasteiger partial charge in [-0.05, 0) is 59.5 Å². The number of likely N-dealkylation sites (N-methyl/N-ethyl adjacent to an activating group) is 1. The fourth-order valence-corrected chi connectivity index (χ4v) is 4.32. The van der Waals surface area contributed by atoms with E-state index in [0.717, 1.165) is 34.1 Å². The van der Waals surface area contributed by atoms with Crippen LogP contribution in [0.3, 0.4) is 0 Å². The second-order valence-corrected chi connectivity index (χ2v) is 9.25. The first-order valence-corrected chi connectivity index (χ1v) is 11.1. The Morgan fingerprint density at radius 1 is 1.33 bits per heavy atom. The van der Waals surface area contributed by atoms with Crippen molar-refractivity contribution >= 4 is 43.4 Å². The SMILES string of the molecule is C=CCC[C@@H](C(=O)Nc1nc(Br)ccc1C)N(C)S(=O)(=O)c1ccc([N+](=O)[O-])cc1. The number of rotatable bonds is 9. The summed E-state index contributed by atoms with van der Waals surface area (Å²) >= 11 is 3.24. The first-order valence-electron chi connectivity index (χ1n) is 8.85. The van der Waals surface area contributed by atoms with E-state index in [1.165, 1.54) is 7.05 Å². The van der Waals surface area contributed by atoms with E-state index in [-0.39, 0.29) is 17.0 Å². The van der Waals surface area contributed by atoms with Gasteiger partial charge >= 0.3 is 0 Å². The Hall–Kier alpha value is -2.63. The quantitative estimate of drug-likeness (QED) is 0.244. The van der Waals surface area contributed by atoms with Crippen molar-refractivity contribution in [1.82, 2.24) is 9.29 Å². The maximum atomic E-state index is 13.0. The summed E-state index contributed by atoms with van der Waals surface area (Å²) in [4.78, 5) is 27.2. The maximum absolute atomic E-state index is 13.0. The lowest BCUT2D eigenvalue weighted by Gasteiger charge is -2.26. The van der Waals surface area contributed by atoms with Gasteiger partial charge in [0, 0.05) is 19.2 Å². The number of hydrogen-bond donors (Lipinski definition) is 1. The van der Waals surface area contributed by atoms with E-state index in [0.29, 0.717) is 16.8 Å².